The standard InChI is InChI=1S/C22H28N2O5/c1-13(2)29-19(27)14-6-8-15(9-7-14)23-17(25)12-24-18(26)16-10-11-22(5,20(24)28)21(16,3)4/h6-9,13,16H,10-12H2,1-5H3,(H,23,25). The van der Waals surface area contributed by atoms with E-state index in [1.54, 1.807) is 38.1 Å². The zero-order valence-corrected chi connectivity index (χ0v) is 17.6. The lowest BCUT2D eigenvalue weighted by atomic mass is 9.62. The Bertz CT molecular complexity index is 858. The van der Waals surface area contributed by atoms with Crippen LogP contribution >= 0.6 is 0 Å². The summed E-state index contributed by atoms with van der Waals surface area (Å²) >= 11 is 0. The molecule has 1 N–H and O–H groups in total. The van der Waals surface area contributed by atoms with Crippen molar-refractivity contribution in [3.8, 4) is 0 Å². The molecule has 1 aliphatic carbocycles. The highest BCUT2D eigenvalue weighted by atomic mass is 16.5. The fourth-order valence-corrected chi connectivity index (χ4v) is 4.37. The Hall–Kier alpha value is -2.70. The van der Waals surface area contributed by atoms with Gasteiger partial charge in [-0.25, -0.2) is 4.79 Å². The molecule has 1 saturated carbocycles. The minimum Gasteiger partial charge on any atom is -0.459 e. The van der Waals surface area contributed by atoms with E-state index in [-0.39, 0.29) is 30.4 Å². The van der Waals surface area contributed by atoms with E-state index in [9.17, 15) is 19.2 Å². The first kappa shape index (κ1) is 21.0. The minimum absolute atomic E-state index is 0.219. The molecule has 7 heteroatoms. The second-order valence-electron chi connectivity index (χ2n) is 8.95. The summed E-state index contributed by atoms with van der Waals surface area (Å²) in [7, 11) is 0. The summed E-state index contributed by atoms with van der Waals surface area (Å²) in [4.78, 5) is 51.3. The molecule has 1 saturated heterocycles. The van der Waals surface area contributed by atoms with Gasteiger partial charge in [0.05, 0.1) is 17.1 Å². The van der Waals surface area contributed by atoms with E-state index >= 15 is 0 Å². The molecule has 0 aromatic heterocycles. The van der Waals surface area contributed by atoms with Crippen molar-refractivity contribution < 1.29 is 23.9 Å². The van der Waals surface area contributed by atoms with Crippen LogP contribution in [0.2, 0.25) is 0 Å². The van der Waals surface area contributed by atoms with Crippen molar-refractivity contribution in [2.75, 3.05) is 11.9 Å². The number of carbonyl (C=O) groups excluding carboxylic acids is 4. The van der Waals surface area contributed by atoms with Crippen molar-refractivity contribution in [2.24, 2.45) is 16.7 Å². The highest BCUT2D eigenvalue weighted by Gasteiger charge is 2.64. The molecule has 2 fully saturated rings. The first-order valence-electron chi connectivity index (χ1n) is 9.94. The maximum atomic E-state index is 13.0. The number of anilines is 1. The fourth-order valence-electron chi connectivity index (χ4n) is 4.37. The van der Waals surface area contributed by atoms with Crippen molar-refractivity contribution in [2.45, 2.75) is 53.6 Å². The molecule has 3 amide bonds. The Kier molecular flexibility index (Phi) is 5.28. The van der Waals surface area contributed by atoms with Crippen LogP contribution in [0.1, 0.15) is 57.8 Å². The average molecular weight is 400 g/mol. The molecule has 2 aliphatic rings. The maximum absolute atomic E-state index is 13.0. The lowest BCUT2D eigenvalue weighted by Gasteiger charge is -2.47. The first-order chi connectivity index (χ1) is 13.5. The zero-order chi connectivity index (χ0) is 21.6. The summed E-state index contributed by atoms with van der Waals surface area (Å²) in [5, 5.41) is 2.68. The third-order valence-electron chi connectivity index (χ3n) is 6.56. The van der Waals surface area contributed by atoms with E-state index in [0.717, 1.165) is 4.90 Å². The van der Waals surface area contributed by atoms with E-state index < -0.39 is 22.7 Å². The number of benzene rings is 1. The number of amides is 3. The Labute approximate surface area is 170 Å². The molecule has 1 aromatic rings. The van der Waals surface area contributed by atoms with Crippen LogP contribution in [0.25, 0.3) is 0 Å². The van der Waals surface area contributed by atoms with Crippen molar-refractivity contribution in [1.82, 2.24) is 4.90 Å². The number of carbonyl (C=O) groups is 4. The number of esters is 1. The number of fused-ring (bicyclic) bond motifs is 2. The SMILES string of the molecule is CC(C)OC(=O)c1ccc(NC(=O)CN2C(=O)C3CCC(C)(C2=O)C3(C)C)cc1. The molecule has 7 nitrogen and oxygen atoms in total. The lowest BCUT2D eigenvalue weighted by Crippen LogP contribution is -2.60. The van der Waals surface area contributed by atoms with Crippen LogP contribution in [-0.2, 0) is 19.1 Å². The Morgan fingerprint density at radius 1 is 1.17 bits per heavy atom. The third-order valence-corrected chi connectivity index (χ3v) is 6.56. The second-order valence-corrected chi connectivity index (χ2v) is 8.95. The molecule has 0 radical (unpaired) electrons. The van der Waals surface area contributed by atoms with Gasteiger partial charge in [0.25, 0.3) is 0 Å². The summed E-state index contributed by atoms with van der Waals surface area (Å²) in [5.41, 5.74) is -0.189. The molecular formula is C22H28N2O5. The smallest absolute Gasteiger partial charge is 0.338 e. The summed E-state index contributed by atoms with van der Waals surface area (Å²) in [6.45, 7) is 9.04. The van der Waals surface area contributed by atoms with Crippen molar-refractivity contribution in [3.05, 3.63) is 29.8 Å². The van der Waals surface area contributed by atoms with Gasteiger partial charge in [0, 0.05) is 11.6 Å². The summed E-state index contributed by atoms with van der Waals surface area (Å²) < 4.78 is 5.13. The van der Waals surface area contributed by atoms with Gasteiger partial charge in [0.1, 0.15) is 6.54 Å². The van der Waals surface area contributed by atoms with Crippen LogP contribution in [-0.4, -0.2) is 41.2 Å². The van der Waals surface area contributed by atoms with E-state index in [1.165, 1.54) is 0 Å². The van der Waals surface area contributed by atoms with Crippen LogP contribution in [0, 0.1) is 16.7 Å². The number of nitrogens with zero attached hydrogens (tertiary/aromatic N) is 1. The largest absolute Gasteiger partial charge is 0.459 e. The van der Waals surface area contributed by atoms with Crippen molar-refractivity contribution >= 4 is 29.4 Å². The molecule has 1 heterocycles. The Balaban J connectivity index is 1.66. The summed E-state index contributed by atoms with van der Waals surface area (Å²) in [6, 6.07) is 6.29. The van der Waals surface area contributed by atoms with E-state index in [2.05, 4.69) is 5.32 Å². The number of rotatable bonds is 5. The van der Waals surface area contributed by atoms with E-state index in [0.29, 0.717) is 24.1 Å². The summed E-state index contributed by atoms with van der Waals surface area (Å²) in [5.74, 6) is -1.68. The molecule has 2 atom stereocenters. The van der Waals surface area contributed by atoms with Crippen LogP contribution in [0.4, 0.5) is 5.69 Å². The molecule has 1 aliphatic heterocycles. The third kappa shape index (κ3) is 3.54. The van der Waals surface area contributed by atoms with Gasteiger partial charge in [-0.15, -0.1) is 0 Å². The highest BCUT2D eigenvalue weighted by Crippen LogP contribution is 2.59. The Morgan fingerprint density at radius 3 is 2.38 bits per heavy atom. The van der Waals surface area contributed by atoms with Crippen molar-refractivity contribution in [3.63, 3.8) is 0 Å². The molecule has 2 bridgehead atoms. The number of likely N-dealkylation sites (tertiary alicyclic amines) is 1. The van der Waals surface area contributed by atoms with Gasteiger partial charge < -0.3 is 10.1 Å². The number of piperidine rings is 1. The second kappa shape index (κ2) is 7.28. The molecule has 1 aromatic carbocycles. The number of hydrogen-bond donors (Lipinski definition) is 1. The maximum Gasteiger partial charge on any atom is 0.338 e. The molecule has 2 unspecified atom stereocenters. The number of hydrogen-bond acceptors (Lipinski definition) is 5. The number of imide groups is 1. The van der Waals surface area contributed by atoms with Crippen LogP contribution in [0.5, 0.6) is 0 Å². The van der Waals surface area contributed by atoms with Gasteiger partial charge in [0.15, 0.2) is 0 Å². The number of nitrogens with one attached hydrogen (secondary N) is 1. The van der Waals surface area contributed by atoms with Gasteiger partial charge >= 0.3 is 5.97 Å². The molecule has 156 valence electrons. The van der Waals surface area contributed by atoms with Crippen LogP contribution in [0.15, 0.2) is 24.3 Å². The normalized spacial score (nSPS) is 25.3. The van der Waals surface area contributed by atoms with Crippen molar-refractivity contribution in [1.29, 1.82) is 0 Å². The molecular weight excluding hydrogens is 372 g/mol. The number of ether oxygens (including phenoxy) is 1. The Morgan fingerprint density at radius 2 is 1.79 bits per heavy atom. The quantitative estimate of drug-likeness (QED) is 0.606. The van der Waals surface area contributed by atoms with Crippen LogP contribution < -0.4 is 5.32 Å². The van der Waals surface area contributed by atoms with E-state index in [1.807, 2.05) is 20.8 Å². The lowest BCUT2D eigenvalue weighted by molar-refractivity contribution is -0.168. The van der Waals surface area contributed by atoms with Gasteiger partial charge in [-0.2, -0.15) is 0 Å². The van der Waals surface area contributed by atoms with Gasteiger partial charge in [-0.3, -0.25) is 19.3 Å². The predicted octanol–water partition coefficient (Wildman–Crippen LogP) is 3.00. The van der Waals surface area contributed by atoms with Gasteiger partial charge in [0.2, 0.25) is 17.7 Å². The monoisotopic (exact) mass is 400 g/mol. The molecule has 0 spiro atoms. The summed E-state index contributed by atoms with van der Waals surface area (Å²) in [6.07, 6.45) is 1.10. The van der Waals surface area contributed by atoms with Gasteiger partial charge in [-0.05, 0) is 56.4 Å². The van der Waals surface area contributed by atoms with Crippen LogP contribution in [0.3, 0.4) is 0 Å². The molecule has 3 rings (SSSR count). The molecule has 29 heavy (non-hydrogen) atoms. The zero-order valence-electron chi connectivity index (χ0n) is 17.6. The average Bonchev–Trinajstić information content (AvgIpc) is 2.83. The predicted molar refractivity (Wildman–Crippen MR) is 107 cm³/mol. The topological polar surface area (TPSA) is 92.8 Å². The van der Waals surface area contributed by atoms with Gasteiger partial charge in [-0.1, -0.05) is 20.8 Å². The fraction of sp³-hybridized carbons (Fsp3) is 0.545. The van der Waals surface area contributed by atoms with E-state index in [4.69, 9.17) is 4.74 Å². The highest BCUT2D eigenvalue weighted by molar-refractivity contribution is 6.07. The first-order valence-corrected chi connectivity index (χ1v) is 9.94. The minimum atomic E-state index is -0.635.